The average Bonchev–Trinajstić information content (AvgIpc) is 1.98. The molecule has 0 aromatic rings. The molecule has 0 bridgehead atoms. The molecular formula is C12H24N2O. The molecule has 1 heterocycles. The van der Waals surface area contributed by atoms with Crippen LogP contribution in [0.3, 0.4) is 0 Å². The van der Waals surface area contributed by atoms with Crippen molar-refractivity contribution < 1.29 is 4.74 Å². The number of rotatable bonds is 4. The minimum atomic E-state index is 0.188. The Labute approximate surface area is 93.3 Å². The van der Waals surface area contributed by atoms with E-state index in [1.807, 2.05) is 0 Å². The number of nitrogens with one attached hydrogen (secondary N) is 2. The summed E-state index contributed by atoms with van der Waals surface area (Å²) < 4.78 is 5.10. The van der Waals surface area contributed by atoms with Crippen LogP contribution in [0.4, 0.5) is 0 Å². The first-order chi connectivity index (χ1) is 6.85. The van der Waals surface area contributed by atoms with E-state index in [4.69, 9.17) is 4.74 Å². The third-order valence-electron chi connectivity index (χ3n) is 2.76. The van der Waals surface area contributed by atoms with E-state index in [1.165, 1.54) is 6.26 Å². The maximum Gasteiger partial charge on any atom is 0.138 e. The predicted molar refractivity (Wildman–Crippen MR) is 63.6 cm³/mol. The highest BCUT2D eigenvalue weighted by molar-refractivity contribution is 4.99. The molecule has 0 radical (unpaired) electrons. The first-order valence-corrected chi connectivity index (χ1v) is 5.60. The summed E-state index contributed by atoms with van der Waals surface area (Å²) in [6.07, 6.45) is 3.72. The molecule has 1 aliphatic heterocycles. The van der Waals surface area contributed by atoms with Gasteiger partial charge in [-0.05, 0) is 40.5 Å². The SMILES string of the molecule is C=COCNC1CC(C)(C)NC(C)(C)C1. The van der Waals surface area contributed by atoms with E-state index in [2.05, 4.69) is 44.9 Å². The molecule has 1 saturated heterocycles. The van der Waals surface area contributed by atoms with E-state index in [0.717, 1.165) is 12.8 Å². The second-order valence-corrected chi connectivity index (χ2v) is 5.68. The summed E-state index contributed by atoms with van der Waals surface area (Å²) in [5, 5.41) is 7.05. The highest BCUT2D eigenvalue weighted by Gasteiger charge is 2.37. The molecule has 2 N–H and O–H groups in total. The van der Waals surface area contributed by atoms with Gasteiger partial charge in [-0.1, -0.05) is 6.58 Å². The maximum absolute atomic E-state index is 5.10. The van der Waals surface area contributed by atoms with Crippen LogP contribution in [-0.2, 0) is 4.74 Å². The molecule has 88 valence electrons. The fourth-order valence-electron chi connectivity index (χ4n) is 2.69. The Bertz CT molecular complexity index is 208. The first kappa shape index (κ1) is 12.5. The second kappa shape index (κ2) is 4.54. The lowest BCUT2D eigenvalue weighted by Crippen LogP contribution is -2.61. The topological polar surface area (TPSA) is 33.3 Å². The van der Waals surface area contributed by atoms with E-state index in [9.17, 15) is 0 Å². The van der Waals surface area contributed by atoms with Gasteiger partial charge in [-0.3, -0.25) is 5.32 Å². The molecule has 1 fully saturated rings. The van der Waals surface area contributed by atoms with Gasteiger partial charge < -0.3 is 10.1 Å². The Kier molecular flexibility index (Phi) is 3.79. The van der Waals surface area contributed by atoms with Crippen LogP contribution in [0.25, 0.3) is 0 Å². The molecule has 3 heteroatoms. The molecule has 0 unspecified atom stereocenters. The van der Waals surface area contributed by atoms with Crippen molar-refractivity contribution in [3.05, 3.63) is 12.8 Å². The molecule has 0 spiro atoms. The Morgan fingerprint density at radius 2 is 1.87 bits per heavy atom. The van der Waals surface area contributed by atoms with Crippen LogP contribution in [-0.4, -0.2) is 23.9 Å². The summed E-state index contributed by atoms with van der Waals surface area (Å²) in [5.74, 6) is 0. The standard InChI is InChI=1S/C12H24N2O/c1-6-15-9-13-10-7-11(2,3)14-12(4,5)8-10/h6,10,13-14H,1,7-9H2,2-5H3. The van der Waals surface area contributed by atoms with Crippen molar-refractivity contribution in [3.8, 4) is 0 Å². The van der Waals surface area contributed by atoms with Crippen LogP contribution >= 0.6 is 0 Å². The minimum Gasteiger partial charge on any atom is -0.487 e. The summed E-state index contributed by atoms with van der Waals surface area (Å²) in [4.78, 5) is 0. The van der Waals surface area contributed by atoms with Crippen LogP contribution in [0.15, 0.2) is 12.8 Å². The zero-order valence-corrected chi connectivity index (χ0v) is 10.4. The molecule has 0 aromatic carbocycles. The van der Waals surface area contributed by atoms with Crippen LogP contribution in [0.5, 0.6) is 0 Å². The van der Waals surface area contributed by atoms with Gasteiger partial charge >= 0.3 is 0 Å². The molecular weight excluding hydrogens is 188 g/mol. The fraction of sp³-hybridized carbons (Fsp3) is 0.833. The zero-order chi connectivity index (χ0) is 11.5. The molecule has 15 heavy (non-hydrogen) atoms. The third kappa shape index (κ3) is 4.22. The Balaban J connectivity index is 2.47. The van der Waals surface area contributed by atoms with Crippen LogP contribution < -0.4 is 10.6 Å². The van der Waals surface area contributed by atoms with E-state index in [0.29, 0.717) is 12.8 Å². The van der Waals surface area contributed by atoms with E-state index >= 15 is 0 Å². The summed E-state index contributed by atoms with van der Waals surface area (Å²) in [5.41, 5.74) is 0.376. The number of hydrogen-bond acceptors (Lipinski definition) is 3. The molecule has 0 saturated carbocycles. The van der Waals surface area contributed by atoms with Gasteiger partial charge in [-0.15, -0.1) is 0 Å². The monoisotopic (exact) mass is 212 g/mol. The Morgan fingerprint density at radius 3 is 2.33 bits per heavy atom. The summed E-state index contributed by atoms with van der Waals surface area (Å²) in [6.45, 7) is 13.1. The summed E-state index contributed by atoms with van der Waals surface area (Å²) in [6, 6.07) is 0.510. The van der Waals surface area contributed by atoms with Crippen LogP contribution in [0.2, 0.25) is 0 Å². The molecule has 1 aliphatic rings. The summed E-state index contributed by atoms with van der Waals surface area (Å²) in [7, 11) is 0. The normalized spacial score (nSPS) is 24.8. The van der Waals surface area contributed by atoms with Gasteiger partial charge in [0.05, 0.1) is 6.26 Å². The number of piperidine rings is 1. The van der Waals surface area contributed by atoms with Crippen molar-refractivity contribution in [2.45, 2.75) is 57.7 Å². The Hall–Kier alpha value is -0.540. The van der Waals surface area contributed by atoms with Crippen molar-refractivity contribution >= 4 is 0 Å². The predicted octanol–water partition coefficient (Wildman–Crippen LogP) is 2.00. The maximum atomic E-state index is 5.10. The third-order valence-corrected chi connectivity index (χ3v) is 2.76. The molecule has 0 aromatic heterocycles. The van der Waals surface area contributed by atoms with E-state index in [1.54, 1.807) is 0 Å². The van der Waals surface area contributed by atoms with E-state index < -0.39 is 0 Å². The van der Waals surface area contributed by atoms with Gasteiger partial charge in [0.15, 0.2) is 0 Å². The van der Waals surface area contributed by atoms with Gasteiger partial charge in [-0.25, -0.2) is 0 Å². The quantitative estimate of drug-likeness (QED) is 0.425. The van der Waals surface area contributed by atoms with Gasteiger partial charge in [-0.2, -0.15) is 0 Å². The number of hydrogen-bond donors (Lipinski definition) is 2. The van der Waals surface area contributed by atoms with Gasteiger partial charge in [0.2, 0.25) is 0 Å². The van der Waals surface area contributed by atoms with Crippen molar-refractivity contribution in [2.75, 3.05) is 6.73 Å². The molecule has 0 amide bonds. The molecule has 0 atom stereocenters. The lowest BCUT2D eigenvalue weighted by molar-refractivity contribution is 0.119. The van der Waals surface area contributed by atoms with E-state index in [-0.39, 0.29) is 11.1 Å². The molecule has 3 nitrogen and oxygen atoms in total. The lowest BCUT2D eigenvalue weighted by atomic mass is 9.80. The molecule has 1 rings (SSSR count). The second-order valence-electron chi connectivity index (χ2n) is 5.68. The fourth-order valence-corrected chi connectivity index (χ4v) is 2.69. The van der Waals surface area contributed by atoms with Crippen LogP contribution in [0.1, 0.15) is 40.5 Å². The van der Waals surface area contributed by atoms with Crippen molar-refractivity contribution in [1.29, 1.82) is 0 Å². The largest absolute Gasteiger partial charge is 0.487 e. The van der Waals surface area contributed by atoms with Crippen LogP contribution in [0, 0.1) is 0 Å². The van der Waals surface area contributed by atoms with Gasteiger partial charge in [0.25, 0.3) is 0 Å². The minimum absolute atomic E-state index is 0.188. The average molecular weight is 212 g/mol. The Morgan fingerprint density at radius 1 is 1.33 bits per heavy atom. The first-order valence-electron chi connectivity index (χ1n) is 5.60. The number of ether oxygens (including phenoxy) is 1. The smallest absolute Gasteiger partial charge is 0.138 e. The highest BCUT2D eigenvalue weighted by atomic mass is 16.5. The zero-order valence-electron chi connectivity index (χ0n) is 10.4. The highest BCUT2D eigenvalue weighted by Crippen LogP contribution is 2.28. The summed E-state index contributed by atoms with van der Waals surface area (Å²) >= 11 is 0. The van der Waals surface area contributed by atoms with Crippen molar-refractivity contribution in [2.24, 2.45) is 0 Å². The van der Waals surface area contributed by atoms with Crippen molar-refractivity contribution in [3.63, 3.8) is 0 Å². The molecule has 0 aliphatic carbocycles. The van der Waals surface area contributed by atoms with Gasteiger partial charge in [0, 0.05) is 17.1 Å². The lowest BCUT2D eigenvalue weighted by Gasteiger charge is -2.46. The van der Waals surface area contributed by atoms with Crippen molar-refractivity contribution in [1.82, 2.24) is 10.6 Å². The van der Waals surface area contributed by atoms with Gasteiger partial charge in [0.1, 0.15) is 6.73 Å².